The van der Waals surface area contributed by atoms with E-state index in [1.165, 1.54) is 18.1 Å². The third-order valence-corrected chi connectivity index (χ3v) is 3.36. The highest BCUT2D eigenvalue weighted by molar-refractivity contribution is 5.80. The number of rotatable bonds is 3. The fourth-order valence-corrected chi connectivity index (χ4v) is 2.62. The van der Waals surface area contributed by atoms with Crippen LogP contribution >= 0.6 is 0 Å². The number of carbonyl (C=O) groups is 1. The van der Waals surface area contributed by atoms with E-state index in [0.717, 1.165) is 31.3 Å². The quantitative estimate of drug-likeness (QED) is 0.808. The summed E-state index contributed by atoms with van der Waals surface area (Å²) in [6.45, 7) is 0. The lowest BCUT2D eigenvalue weighted by atomic mass is 9.82. The lowest BCUT2D eigenvalue weighted by Gasteiger charge is -2.24. The number of carboxylic acid groups (broad SMARTS) is 1. The van der Waals surface area contributed by atoms with Crippen molar-refractivity contribution in [1.29, 1.82) is 0 Å². The summed E-state index contributed by atoms with van der Waals surface area (Å²) in [5.41, 5.74) is 2.46. The van der Waals surface area contributed by atoms with Crippen LogP contribution in [-0.2, 0) is 11.2 Å². The molecule has 1 saturated carbocycles. The Kier molecular flexibility index (Phi) is 3.97. The molecule has 0 aromatic heterocycles. The predicted octanol–water partition coefficient (Wildman–Crippen LogP) is 3.43. The van der Waals surface area contributed by atoms with Gasteiger partial charge in [-0.2, -0.15) is 0 Å². The van der Waals surface area contributed by atoms with Gasteiger partial charge in [-0.15, -0.1) is 0 Å². The first-order valence-electron chi connectivity index (χ1n) is 6.20. The maximum Gasteiger partial charge on any atom is 0.328 e. The Morgan fingerprint density at radius 1 is 1.35 bits per heavy atom. The van der Waals surface area contributed by atoms with Gasteiger partial charge in [0.25, 0.3) is 0 Å². The Hall–Kier alpha value is -1.57. The third-order valence-electron chi connectivity index (χ3n) is 3.36. The van der Waals surface area contributed by atoms with E-state index in [1.54, 1.807) is 0 Å². The van der Waals surface area contributed by atoms with Crippen LogP contribution in [0.3, 0.4) is 0 Å². The van der Waals surface area contributed by atoms with E-state index < -0.39 is 5.97 Å². The first-order chi connectivity index (χ1) is 8.24. The summed E-state index contributed by atoms with van der Waals surface area (Å²) in [5.74, 6) is -0.197. The van der Waals surface area contributed by atoms with Crippen LogP contribution in [0.5, 0.6) is 0 Å². The van der Waals surface area contributed by atoms with Crippen molar-refractivity contribution in [2.24, 2.45) is 5.92 Å². The molecule has 2 heteroatoms. The number of carboxylic acids is 1. The van der Waals surface area contributed by atoms with Gasteiger partial charge >= 0.3 is 5.97 Å². The standard InChI is InChI=1S/C15H18O2/c16-15(17)11-14-8-4-7-13(10-14)9-12-5-2-1-3-6-12/h1-3,5-6,11,13H,4,7-10H2,(H,16,17)/b14-11+/t13-/m0/s1. The van der Waals surface area contributed by atoms with E-state index in [2.05, 4.69) is 24.3 Å². The topological polar surface area (TPSA) is 37.3 Å². The number of allylic oxidation sites excluding steroid dienone is 1. The Labute approximate surface area is 102 Å². The van der Waals surface area contributed by atoms with Crippen molar-refractivity contribution in [2.75, 3.05) is 0 Å². The number of aliphatic carboxylic acids is 1. The SMILES string of the molecule is O=C(O)/C=C1\CCC[C@@H](Cc2ccccc2)C1. The molecule has 2 rings (SSSR count). The highest BCUT2D eigenvalue weighted by Crippen LogP contribution is 2.30. The van der Waals surface area contributed by atoms with Crippen LogP contribution in [0.1, 0.15) is 31.2 Å². The molecule has 1 atom stereocenters. The molecule has 0 aliphatic heterocycles. The highest BCUT2D eigenvalue weighted by atomic mass is 16.4. The molecule has 0 radical (unpaired) electrons. The second-order valence-corrected chi connectivity index (χ2v) is 4.79. The molecular weight excluding hydrogens is 212 g/mol. The van der Waals surface area contributed by atoms with Crippen molar-refractivity contribution in [1.82, 2.24) is 0 Å². The van der Waals surface area contributed by atoms with Crippen molar-refractivity contribution >= 4 is 5.97 Å². The summed E-state index contributed by atoms with van der Waals surface area (Å²) in [6, 6.07) is 10.4. The first-order valence-corrected chi connectivity index (χ1v) is 6.20. The van der Waals surface area contributed by atoms with Crippen molar-refractivity contribution in [2.45, 2.75) is 32.1 Å². The molecule has 0 bridgehead atoms. The smallest absolute Gasteiger partial charge is 0.328 e. The van der Waals surface area contributed by atoms with Crippen LogP contribution < -0.4 is 0 Å². The van der Waals surface area contributed by atoms with E-state index >= 15 is 0 Å². The van der Waals surface area contributed by atoms with Gasteiger partial charge in [-0.05, 0) is 43.6 Å². The van der Waals surface area contributed by atoms with Crippen molar-refractivity contribution in [3.8, 4) is 0 Å². The van der Waals surface area contributed by atoms with Crippen molar-refractivity contribution in [3.05, 3.63) is 47.5 Å². The minimum Gasteiger partial charge on any atom is -0.478 e. The van der Waals surface area contributed by atoms with Gasteiger partial charge in [0.2, 0.25) is 0 Å². The van der Waals surface area contributed by atoms with Crippen LogP contribution in [0.25, 0.3) is 0 Å². The van der Waals surface area contributed by atoms with Crippen molar-refractivity contribution in [3.63, 3.8) is 0 Å². The van der Waals surface area contributed by atoms with Crippen LogP contribution in [0.4, 0.5) is 0 Å². The molecule has 17 heavy (non-hydrogen) atoms. The Morgan fingerprint density at radius 3 is 2.82 bits per heavy atom. The van der Waals surface area contributed by atoms with E-state index in [9.17, 15) is 4.79 Å². The van der Waals surface area contributed by atoms with E-state index in [0.29, 0.717) is 5.92 Å². The monoisotopic (exact) mass is 230 g/mol. The lowest BCUT2D eigenvalue weighted by Crippen LogP contribution is -2.12. The molecular formula is C15H18O2. The van der Waals surface area contributed by atoms with E-state index in [1.807, 2.05) is 6.07 Å². The molecule has 0 unspecified atom stereocenters. The van der Waals surface area contributed by atoms with Crippen LogP contribution in [-0.4, -0.2) is 11.1 Å². The van der Waals surface area contributed by atoms with Crippen molar-refractivity contribution < 1.29 is 9.90 Å². The van der Waals surface area contributed by atoms with Gasteiger partial charge < -0.3 is 5.11 Å². The van der Waals surface area contributed by atoms with E-state index in [4.69, 9.17) is 5.11 Å². The van der Waals surface area contributed by atoms with Crippen LogP contribution in [0, 0.1) is 5.92 Å². The zero-order valence-electron chi connectivity index (χ0n) is 9.93. The van der Waals surface area contributed by atoms with Gasteiger partial charge in [0.15, 0.2) is 0 Å². The minimum absolute atomic E-state index is 0.608. The lowest BCUT2D eigenvalue weighted by molar-refractivity contribution is -0.131. The highest BCUT2D eigenvalue weighted by Gasteiger charge is 2.17. The Balaban J connectivity index is 1.96. The Bertz CT molecular complexity index is 406. The Morgan fingerprint density at radius 2 is 2.12 bits per heavy atom. The molecule has 1 aromatic rings. The summed E-state index contributed by atoms with van der Waals surface area (Å²) in [5, 5.41) is 8.77. The number of hydrogen-bond acceptors (Lipinski definition) is 1. The molecule has 1 aliphatic carbocycles. The zero-order chi connectivity index (χ0) is 12.1. The van der Waals surface area contributed by atoms with Gasteiger partial charge in [0, 0.05) is 6.08 Å². The molecule has 0 spiro atoms. The van der Waals surface area contributed by atoms with Gasteiger partial charge in [-0.1, -0.05) is 35.9 Å². The summed E-state index contributed by atoms with van der Waals surface area (Å²) >= 11 is 0. The predicted molar refractivity (Wildman–Crippen MR) is 67.8 cm³/mol. The average Bonchev–Trinajstić information content (AvgIpc) is 2.30. The summed E-state index contributed by atoms with van der Waals surface area (Å²) in [4.78, 5) is 10.7. The maximum atomic E-state index is 10.7. The van der Waals surface area contributed by atoms with Gasteiger partial charge in [-0.3, -0.25) is 0 Å². The number of benzene rings is 1. The minimum atomic E-state index is -0.805. The fourth-order valence-electron chi connectivity index (χ4n) is 2.62. The average molecular weight is 230 g/mol. The van der Waals surface area contributed by atoms with Crippen LogP contribution in [0.2, 0.25) is 0 Å². The summed E-state index contributed by atoms with van der Waals surface area (Å²) in [7, 11) is 0. The molecule has 1 N–H and O–H groups in total. The largest absolute Gasteiger partial charge is 0.478 e. The van der Waals surface area contributed by atoms with Gasteiger partial charge in [0.1, 0.15) is 0 Å². The maximum absolute atomic E-state index is 10.7. The molecule has 90 valence electrons. The molecule has 1 fully saturated rings. The summed E-state index contributed by atoms with van der Waals surface area (Å²) in [6.07, 6.45) is 6.70. The molecule has 0 saturated heterocycles. The third kappa shape index (κ3) is 3.74. The van der Waals surface area contributed by atoms with Gasteiger partial charge in [0.05, 0.1) is 0 Å². The summed E-state index contributed by atoms with van der Waals surface area (Å²) < 4.78 is 0. The molecule has 2 nitrogen and oxygen atoms in total. The fraction of sp³-hybridized carbons (Fsp3) is 0.400. The first kappa shape index (κ1) is 11.9. The molecule has 1 aromatic carbocycles. The second-order valence-electron chi connectivity index (χ2n) is 4.79. The number of hydrogen-bond donors (Lipinski definition) is 1. The van der Waals surface area contributed by atoms with E-state index in [-0.39, 0.29) is 0 Å². The molecule has 1 aliphatic rings. The molecule has 0 amide bonds. The molecule has 0 heterocycles. The van der Waals surface area contributed by atoms with Gasteiger partial charge in [-0.25, -0.2) is 4.79 Å². The normalized spacial score (nSPS) is 22.6. The van der Waals surface area contributed by atoms with Crippen LogP contribution in [0.15, 0.2) is 42.0 Å². The zero-order valence-corrected chi connectivity index (χ0v) is 9.93. The second kappa shape index (κ2) is 5.67.